The van der Waals surface area contributed by atoms with Gasteiger partial charge < -0.3 is 10.2 Å². The molecule has 0 bridgehead atoms. The van der Waals surface area contributed by atoms with E-state index in [1.165, 1.54) is 27.9 Å². The standard InChI is InChI=1S/C21H22N4S2/c1-3-25-9-7-15(13(25)2)20-11-16-17(6-8-22-21(16)27-20)24-14-4-5-19-18(10-14)23-12-26-19/h4-6,8,10-13,15H,3,7,9H2,1-2H3,(H,22,24). The molecule has 1 aromatic carbocycles. The number of likely N-dealkylation sites (tertiary alicyclic amines) is 1. The van der Waals surface area contributed by atoms with E-state index in [1.54, 1.807) is 11.3 Å². The van der Waals surface area contributed by atoms with Crippen LogP contribution >= 0.6 is 22.7 Å². The maximum Gasteiger partial charge on any atom is 0.125 e. The van der Waals surface area contributed by atoms with Crippen LogP contribution in [0.15, 0.2) is 42.0 Å². The van der Waals surface area contributed by atoms with Gasteiger partial charge in [-0.3, -0.25) is 0 Å². The average Bonchev–Trinajstić information content (AvgIpc) is 3.39. The van der Waals surface area contributed by atoms with Crippen LogP contribution in [0.2, 0.25) is 0 Å². The van der Waals surface area contributed by atoms with E-state index in [-0.39, 0.29) is 0 Å². The Balaban J connectivity index is 1.49. The average molecular weight is 395 g/mol. The molecule has 1 aliphatic heterocycles. The lowest BCUT2D eigenvalue weighted by Gasteiger charge is -2.22. The van der Waals surface area contributed by atoms with Gasteiger partial charge in [0.25, 0.3) is 0 Å². The second kappa shape index (κ2) is 6.86. The Morgan fingerprint density at radius 1 is 1.22 bits per heavy atom. The summed E-state index contributed by atoms with van der Waals surface area (Å²) in [5.74, 6) is 0.614. The summed E-state index contributed by atoms with van der Waals surface area (Å²) in [6.45, 7) is 6.95. The highest BCUT2D eigenvalue weighted by Gasteiger charge is 2.32. The van der Waals surface area contributed by atoms with Gasteiger partial charge in [-0.25, -0.2) is 9.97 Å². The van der Waals surface area contributed by atoms with Crippen molar-refractivity contribution in [1.29, 1.82) is 0 Å². The quantitative estimate of drug-likeness (QED) is 0.471. The van der Waals surface area contributed by atoms with Gasteiger partial charge in [0.15, 0.2) is 0 Å². The summed E-state index contributed by atoms with van der Waals surface area (Å²) in [7, 11) is 0. The molecule has 1 saturated heterocycles. The summed E-state index contributed by atoms with van der Waals surface area (Å²) in [5, 5.41) is 4.81. The molecule has 4 heterocycles. The van der Waals surface area contributed by atoms with Crippen LogP contribution in [0.4, 0.5) is 11.4 Å². The monoisotopic (exact) mass is 394 g/mol. The molecule has 4 aromatic rings. The zero-order valence-electron chi connectivity index (χ0n) is 15.5. The lowest BCUT2D eigenvalue weighted by molar-refractivity contribution is 0.274. The molecule has 27 heavy (non-hydrogen) atoms. The first-order valence-corrected chi connectivity index (χ1v) is 11.2. The van der Waals surface area contributed by atoms with Crippen molar-refractivity contribution in [2.45, 2.75) is 32.2 Å². The van der Waals surface area contributed by atoms with Gasteiger partial charge in [-0.15, -0.1) is 22.7 Å². The number of pyridine rings is 1. The summed E-state index contributed by atoms with van der Waals surface area (Å²) in [6, 6.07) is 11.4. The molecule has 4 nitrogen and oxygen atoms in total. The zero-order valence-corrected chi connectivity index (χ0v) is 17.1. The first kappa shape index (κ1) is 17.1. The van der Waals surface area contributed by atoms with E-state index in [0.29, 0.717) is 12.0 Å². The zero-order chi connectivity index (χ0) is 18.4. The molecule has 0 radical (unpaired) electrons. The highest BCUT2D eigenvalue weighted by molar-refractivity contribution is 7.18. The van der Waals surface area contributed by atoms with Crippen LogP contribution in [0, 0.1) is 0 Å². The van der Waals surface area contributed by atoms with Crippen LogP contribution in [-0.2, 0) is 0 Å². The van der Waals surface area contributed by atoms with Gasteiger partial charge in [0.2, 0.25) is 0 Å². The third-order valence-corrected chi connectivity index (χ3v) is 7.71. The first-order valence-electron chi connectivity index (χ1n) is 9.45. The van der Waals surface area contributed by atoms with Crippen molar-refractivity contribution in [2.24, 2.45) is 0 Å². The minimum absolute atomic E-state index is 0.603. The number of nitrogens with zero attached hydrogens (tertiary/aromatic N) is 3. The Morgan fingerprint density at radius 2 is 2.15 bits per heavy atom. The van der Waals surface area contributed by atoms with Crippen molar-refractivity contribution in [2.75, 3.05) is 18.4 Å². The SMILES string of the molecule is CCN1CCC(c2cc3c(Nc4ccc5scnc5c4)ccnc3s2)C1C. The van der Waals surface area contributed by atoms with Crippen molar-refractivity contribution in [1.82, 2.24) is 14.9 Å². The number of benzene rings is 1. The van der Waals surface area contributed by atoms with Crippen LogP contribution in [0.3, 0.4) is 0 Å². The number of hydrogen-bond acceptors (Lipinski definition) is 6. The Labute approximate surface area is 166 Å². The van der Waals surface area contributed by atoms with E-state index < -0.39 is 0 Å². The number of hydrogen-bond donors (Lipinski definition) is 1. The Morgan fingerprint density at radius 3 is 3.00 bits per heavy atom. The minimum Gasteiger partial charge on any atom is -0.355 e. The molecule has 1 N–H and O–H groups in total. The summed E-state index contributed by atoms with van der Waals surface area (Å²) < 4.78 is 1.22. The molecule has 0 spiro atoms. The maximum atomic E-state index is 4.64. The predicted molar refractivity (Wildman–Crippen MR) is 117 cm³/mol. The van der Waals surface area contributed by atoms with Crippen molar-refractivity contribution < 1.29 is 0 Å². The normalized spacial score (nSPS) is 20.7. The van der Waals surface area contributed by atoms with Crippen molar-refractivity contribution in [3.63, 3.8) is 0 Å². The van der Waals surface area contributed by atoms with E-state index in [4.69, 9.17) is 0 Å². The Bertz CT molecular complexity index is 1100. The van der Waals surface area contributed by atoms with Crippen molar-refractivity contribution in [3.05, 3.63) is 46.9 Å². The van der Waals surface area contributed by atoms with Gasteiger partial charge in [0, 0.05) is 34.1 Å². The third-order valence-electron chi connectivity index (χ3n) is 5.72. The van der Waals surface area contributed by atoms with Gasteiger partial charge in [0.1, 0.15) is 4.83 Å². The van der Waals surface area contributed by atoms with Crippen molar-refractivity contribution >= 4 is 54.5 Å². The number of aromatic nitrogens is 2. The second-order valence-corrected chi connectivity index (χ2v) is 9.10. The highest BCUT2D eigenvalue weighted by atomic mass is 32.1. The predicted octanol–water partition coefficient (Wildman–Crippen LogP) is 5.85. The lowest BCUT2D eigenvalue weighted by Crippen LogP contribution is -2.28. The van der Waals surface area contributed by atoms with E-state index in [0.717, 1.165) is 28.3 Å². The summed E-state index contributed by atoms with van der Waals surface area (Å²) >= 11 is 3.52. The second-order valence-electron chi connectivity index (χ2n) is 7.15. The third kappa shape index (κ3) is 3.02. The summed E-state index contributed by atoms with van der Waals surface area (Å²) in [6.07, 6.45) is 3.15. The highest BCUT2D eigenvalue weighted by Crippen LogP contribution is 2.41. The van der Waals surface area contributed by atoms with Crippen LogP contribution in [0.5, 0.6) is 0 Å². The largest absolute Gasteiger partial charge is 0.355 e. The fraction of sp³-hybridized carbons (Fsp3) is 0.333. The smallest absolute Gasteiger partial charge is 0.125 e. The lowest BCUT2D eigenvalue weighted by atomic mass is 9.99. The van der Waals surface area contributed by atoms with Crippen molar-refractivity contribution in [3.8, 4) is 0 Å². The van der Waals surface area contributed by atoms with Crippen LogP contribution in [0.1, 0.15) is 31.1 Å². The fourth-order valence-electron chi connectivity index (χ4n) is 4.17. The molecule has 1 fully saturated rings. The molecule has 1 aliphatic rings. The maximum absolute atomic E-state index is 4.64. The molecular formula is C21H22N4S2. The Hall–Kier alpha value is -2.02. The number of thiazole rings is 1. The number of anilines is 2. The molecule has 0 aliphatic carbocycles. The number of likely N-dealkylation sites (N-methyl/N-ethyl adjacent to an activating group) is 1. The van der Waals surface area contributed by atoms with E-state index in [2.05, 4.69) is 64.4 Å². The molecule has 0 amide bonds. The van der Waals surface area contributed by atoms with Crippen LogP contribution in [-0.4, -0.2) is 34.0 Å². The van der Waals surface area contributed by atoms with Crippen LogP contribution in [0.25, 0.3) is 20.4 Å². The van der Waals surface area contributed by atoms with Gasteiger partial charge in [-0.2, -0.15) is 0 Å². The van der Waals surface area contributed by atoms with Crippen LogP contribution < -0.4 is 5.32 Å². The minimum atomic E-state index is 0.603. The molecular weight excluding hydrogens is 372 g/mol. The topological polar surface area (TPSA) is 41.0 Å². The van der Waals surface area contributed by atoms with Gasteiger partial charge in [0.05, 0.1) is 21.4 Å². The number of fused-ring (bicyclic) bond motifs is 2. The fourth-order valence-corrected chi connectivity index (χ4v) is 6.09. The number of thiophene rings is 1. The molecule has 3 aromatic heterocycles. The first-order chi connectivity index (χ1) is 13.2. The summed E-state index contributed by atoms with van der Waals surface area (Å²) in [4.78, 5) is 14.2. The number of nitrogens with one attached hydrogen (secondary N) is 1. The summed E-state index contributed by atoms with van der Waals surface area (Å²) in [5.41, 5.74) is 5.13. The van der Waals surface area contributed by atoms with Gasteiger partial charge in [-0.1, -0.05) is 6.92 Å². The molecule has 138 valence electrons. The number of rotatable bonds is 4. The van der Waals surface area contributed by atoms with Gasteiger partial charge in [-0.05, 0) is 56.8 Å². The van der Waals surface area contributed by atoms with E-state index in [9.17, 15) is 0 Å². The van der Waals surface area contributed by atoms with Gasteiger partial charge >= 0.3 is 0 Å². The molecule has 2 unspecified atom stereocenters. The van der Waals surface area contributed by atoms with E-state index >= 15 is 0 Å². The van der Waals surface area contributed by atoms with E-state index in [1.807, 2.05) is 23.0 Å². The molecule has 2 atom stereocenters. The Kier molecular flexibility index (Phi) is 4.34. The molecule has 6 heteroatoms. The molecule has 0 saturated carbocycles. The molecule has 5 rings (SSSR count).